The number of aliphatic hydroxyl groups excluding tert-OH is 5. The molecule has 1 unspecified atom stereocenters. The zero-order valence-electron chi connectivity index (χ0n) is 6.24. The van der Waals surface area contributed by atoms with Crippen molar-refractivity contribution in [3.8, 4) is 0 Å². The highest BCUT2D eigenvalue weighted by atomic mass is 16.6. The zero-order valence-corrected chi connectivity index (χ0v) is 6.24. The Hall–Kier alpha value is -0.240. The van der Waals surface area contributed by atoms with E-state index in [9.17, 15) is 0 Å². The highest BCUT2D eigenvalue weighted by Crippen LogP contribution is 2.18. The van der Waals surface area contributed by atoms with Crippen molar-refractivity contribution in [3.05, 3.63) is 0 Å². The van der Waals surface area contributed by atoms with Gasteiger partial charge in [-0.1, -0.05) is 0 Å². The molecule has 1 aliphatic rings. The van der Waals surface area contributed by atoms with E-state index in [2.05, 4.69) is 4.74 Å². The Balaban J connectivity index is 2.63. The van der Waals surface area contributed by atoms with E-state index in [1.807, 2.05) is 0 Å². The molecule has 1 aliphatic heterocycles. The molecular formula is C6H12O6. The second kappa shape index (κ2) is 3.65. The summed E-state index contributed by atoms with van der Waals surface area (Å²) >= 11 is 0. The summed E-state index contributed by atoms with van der Waals surface area (Å²) in [6.07, 6.45) is -7.04. The van der Waals surface area contributed by atoms with Crippen LogP contribution in [0.2, 0.25) is 0 Å². The number of hydrogen-bond acceptors (Lipinski definition) is 6. The number of ether oxygens (including phenoxy) is 1. The summed E-state index contributed by atoms with van der Waals surface area (Å²) in [6.45, 7) is -0.526. The van der Waals surface area contributed by atoms with Gasteiger partial charge in [0.05, 0.1) is 6.61 Å². The molecule has 0 spiro atoms. The molecule has 5 N–H and O–H groups in total. The summed E-state index contributed by atoms with van der Waals surface area (Å²) in [5.41, 5.74) is 0. The molecule has 0 aliphatic carbocycles. The number of hydrogen-bond donors (Lipinski definition) is 5. The predicted molar refractivity (Wildman–Crippen MR) is 36.0 cm³/mol. The third kappa shape index (κ3) is 1.58. The lowest BCUT2D eigenvalue weighted by molar-refractivity contribution is -0.286. The van der Waals surface area contributed by atoms with E-state index in [1.165, 1.54) is 0 Å². The van der Waals surface area contributed by atoms with Gasteiger partial charge in [-0.05, 0) is 0 Å². The van der Waals surface area contributed by atoms with Crippen LogP contribution in [-0.4, -0.2) is 62.8 Å². The monoisotopic (exact) mass is 180 g/mol. The van der Waals surface area contributed by atoms with Gasteiger partial charge in [0, 0.05) is 0 Å². The van der Waals surface area contributed by atoms with Gasteiger partial charge in [0.2, 0.25) is 0 Å². The van der Waals surface area contributed by atoms with Crippen molar-refractivity contribution >= 4 is 0 Å². The molecular weight excluding hydrogens is 168 g/mol. The Morgan fingerprint density at radius 3 is 2.00 bits per heavy atom. The van der Waals surface area contributed by atoms with Crippen molar-refractivity contribution in [1.82, 2.24) is 0 Å². The van der Waals surface area contributed by atoms with Crippen LogP contribution in [-0.2, 0) is 4.74 Å². The van der Waals surface area contributed by atoms with Gasteiger partial charge in [-0.3, -0.25) is 0 Å². The van der Waals surface area contributed by atoms with Gasteiger partial charge in [-0.2, -0.15) is 0 Å². The molecule has 0 bridgehead atoms. The summed E-state index contributed by atoms with van der Waals surface area (Å²) in [6, 6.07) is 0. The van der Waals surface area contributed by atoms with Crippen molar-refractivity contribution < 1.29 is 30.3 Å². The Morgan fingerprint density at radius 2 is 1.50 bits per heavy atom. The average molecular weight is 180 g/mol. The van der Waals surface area contributed by atoms with Crippen LogP contribution >= 0.6 is 0 Å². The minimum absolute atomic E-state index is 0.526. The lowest BCUT2D eigenvalue weighted by Gasteiger charge is -2.37. The predicted octanol–water partition coefficient (Wildman–Crippen LogP) is -3.22. The highest BCUT2D eigenvalue weighted by Gasteiger charge is 2.42. The quantitative estimate of drug-likeness (QED) is 0.290. The second-order valence-corrected chi connectivity index (χ2v) is 2.72. The highest BCUT2D eigenvalue weighted by molar-refractivity contribution is 4.87. The van der Waals surface area contributed by atoms with Gasteiger partial charge < -0.3 is 30.3 Å². The maximum Gasteiger partial charge on any atom is 0.184 e. The minimum atomic E-state index is -1.57. The summed E-state index contributed by atoms with van der Waals surface area (Å²) in [5, 5.41) is 44.7. The first-order valence-electron chi connectivity index (χ1n) is 3.56. The average Bonchev–Trinajstić information content (AvgIpc) is 2.08. The SMILES string of the molecule is OC[C@H]1O[C@H](O)C(O)[C@@H](O)[C@@H]1O. The van der Waals surface area contributed by atoms with Gasteiger partial charge >= 0.3 is 0 Å². The van der Waals surface area contributed by atoms with Crippen molar-refractivity contribution in [3.63, 3.8) is 0 Å². The van der Waals surface area contributed by atoms with Crippen LogP contribution in [0.4, 0.5) is 0 Å². The molecule has 6 heteroatoms. The van der Waals surface area contributed by atoms with Crippen molar-refractivity contribution in [1.29, 1.82) is 0 Å². The molecule has 0 aromatic carbocycles. The first-order chi connectivity index (χ1) is 5.57. The van der Waals surface area contributed by atoms with E-state index in [0.717, 1.165) is 0 Å². The first-order valence-corrected chi connectivity index (χ1v) is 3.56. The van der Waals surface area contributed by atoms with Crippen LogP contribution in [0, 0.1) is 0 Å². The molecule has 0 radical (unpaired) electrons. The van der Waals surface area contributed by atoms with Gasteiger partial charge in [0.15, 0.2) is 6.29 Å². The fourth-order valence-corrected chi connectivity index (χ4v) is 1.08. The van der Waals surface area contributed by atoms with Crippen LogP contribution in [0.3, 0.4) is 0 Å². The zero-order chi connectivity index (χ0) is 9.30. The summed E-state index contributed by atoms with van der Waals surface area (Å²) in [4.78, 5) is 0. The van der Waals surface area contributed by atoms with Crippen LogP contribution in [0.15, 0.2) is 0 Å². The summed E-state index contributed by atoms with van der Waals surface area (Å²) in [5.74, 6) is 0. The van der Waals surface area contributed by atoms with Crippen molar-refractivity contribution in [2.24, 2.45) is 0 Å². The minimum Gasteiger partial charge on any atom is -0.394 e. The van der Waals surface area contributed by atoms with Gasteiger partial charge in [0.25, 0.3) is 0 Å². The smallest absolute Gasteiger partial charge is 0.184 e. The lowest BCUT2D eigenvalue weighted by Crippen LogP contribution is -2.58. The number of rotatable bonds is 1. The Labute approximate surface area is 68.6 Å². The molecule has 5 atom stereocenters. The van der Waals surface area contributed by atoms with E-state index in [1.54, 1.807) is 0 Å². The van der Waals surface area contributed by atoms with Crippen LogP contribution < -0.4 is 0 Å². The largest absolute Gasteiger partial charge is 0.394 e. The maximum absolute atomic E-state index is 9.12. The van der Waals surface area contributed by atoms with Crippen molar-refractivity contribution in [2.45, 2.75) is 30.7 Å². The molecule has 0 aromatic rings. The Morgan fingerprint density at radius 1 is 0.917 bits per heavy atom. The molecule has 6 nitrogen and oxygen atoms in total. The molecule has 1 fully saturated rings. The molecule has 12 heavy (non-hydrogen) atoms. The van der Waals surface area contributed by atoms with Crippen LogP contribution in [0.1, 0.15) is 0 Å². The Bertz CT molecular complexity index is 146. The summed E-state index contributed by atoms with van der Waals surface area (Å²) in [7, 11) is 0. The number of aliphatic hydroxyl groups is 5. The Kier molecular flexibility index (Phi) is 2.99. The van der Waals surface area contributed by atoms with E-state index in [-0.39, 0.29) is 0 Å². The van der Waals surface area contributed by atoms with Gasteiger partial charge in [-0.15, -0.1) is 0 Å². The van der Waals surface area contributed by atoms with Gasteiger partial charge in [0.1, 0.15) is 24.4 Å². The van der Waals surface area contributed by atoms with Gasteiger partial charge in [-0.25, -0.2) is 0 Å². The molecule has 1 saturated heterocycles. The normalized spacial score (nSPS) is 49.2. The first kappa shape index (κ1) is 9.85. The van der Waals surface area contributed by atoms with E-state index >= 15 is 0 Å². The topological polar surface area (TPSA) is 110 Å². The fraction of sp³-hybridized carbons (Fsp3) is 1.00. The van der Waals surface area contributed by atoms with E-state index < -0.39 is 37.3 Å². The lowest BCUT2D eigenvalue weighted by atomic mass is 10.00. The molecule has 1 heterocycles. The molecule has 0 aromatic heterocycles. The summed E-state index contributed by atoms with van der Waals surface area (Å²) < 4.78 is 4.58. The van der Waals surface area contributed by atoms with Crippen molar-refractivity contribution in [2.75, 3.05) is 6.61 Å². The molecule has 0 amide bonds. The molecule has 1 rings (SSSR count). The van der Waals surface area contributed by atoms with Crippen LogP contribution in [0.25, 0.3) is 0 Å². The fourth-order valence-electron chi connectivity index (χ4n) is 1.08. The third-order valence-electron chi connectivity index (χ3n) is 1.87. The maximum atomic E-state index is 9.12. The molecule has 72 valence electrons. The second-order valence-electron chi connectivity index (χ2n) is 2.72. The standard InChI is InChI=1S/C6H12O6/c7-1-2-3(8)4(9)5(10)6(11)12-2/h2-11H,1H2/t2-,3-,4+,5?,6+/m1/s1. The van der Waals surface area contributed by atoms with E-state index in [4.69, 9.17) is 25.5 Å². The third-order valence-corrected chi connectivity index (χ3v) is 1.87. The van der Waals surface area contributed by atoms with E-state index in [0.29, 0.717) is 0 Å². The molecule has 0 saturated carbocycles. The van der Waals surface area contributed by atoms with Crippen LogP contribution in [0.5, 0.6) is 0 Å².